The average molecular weight is 381 g/mol. The molecular weight excluding hydrogens is 361 g/mol. The van der Waals surface area contributed by atoms with Gasteiger partial charge in [-0.1, -0.05) is 0 Å². The van der Waals surface area contributed by atoms with E-state index in [1.54, 1.807) is 48.6 Å². The summed E-state index contributed by atoms with van der Waals surface area (Å²) in [5.74, 6) is 0.516. The SMILES string of the molecule is Cn1cc(C(=O)N2CCC[C@H](c3nccnc3Oc3ccc(F)cc3)C2)cn1. The molecule has 28 heavy (non-hydrogen) atoms. The van der Waals surface area contributed by atoms with Crippen molar-refractivity contribution in [3.8, 4) is 11.6 Å². The van der Waals surface area contributed by atoms with Crippen molar-refractivity contribution in [3.05, 3.63) is 66.1 Å². The summed E-state index contributed by atoms with van der Waals surface area (Å²) in [5.41, 5.74) is 1.28. The Morgan fingerprint density at radius 1 is 1.21 bits per heavy atom. The molecule has 1 amide bonds. The van der Waals surface area contributed by atoms with Crippen LogP contribution in [-0.2, 0) is 7.05 Å². The monoisotopic (exact) mass is 381 g/mol. The second-order valence-electron chi connectivity index (χ2n) is 6.80. The minimum atomic E-state index is -0.330. The molecule has 1 saturated heterocycles. The molecule has 1 aliphatic rings. The van der Waals surface area contributed by atoms with Crippen LogP contribution in [0.3, 0.4) is 0 Å². The molecule has 3 heterocycles. The Balaban J connectivity index is 1.53. The molecule has 1 fully saturated rings. The Hall–Kier alpha value is -3.29. The number of rotatable bonds is 4. The lowest BCUT2D eigenvalue weighted by atomic mass is 9.94. The van der Waals surface area contributed by atoms with Gasteiger partial charge in [0.15, 0.2) is 0 Å². The molecule has 1 atom stereocenters. The van der Waals surface area contributed by atoms with Crippen molar-refractivity contribution in [1.82, 2.24) is 24.6 Å². The van der Waals surface area contributed by atoms with Crippen molar-refractivity contribution < 1.29 is 13.9 Å². The first-order valence-electron chi connectivity index (χ1n) is 9.12. The van der Waals surface area contributed by atoms with E-state index >= 15 is 0 Å². The number of aromatic nitrogens is 4. The fourth-order valence-corrected chi connectivity index (χ4v) is 3.41. The van der Waals surface area contributed by atoms with E-state index in [2.05, 4.69) is 15.1 Å². The van der Waals surface area contributed by atoms with Crippen LogP contribution in [0.1, 0.15) is 34.8 Å². The minimum Gasteiger partial charge on any atom is -0.437 e. The fraction of sp³-hybridized carbons (Fsp3) is 0.300. The smallest absolute Gasteiger partial charge is 0.257 e. The summed E-state index contributed by atoms with van der Waals surface area (Å²) < 4.78 is 20.6. The van der Waals surface area contributed by atoms with Gasteiger partial charge < -0.3 is 9.64 Å². The van der Waals surface area contributed by atoms with Gasteiger partial charge in [0, 0.05) is 44.6 Å². The van der Waals surface area contributed by atoms with Crippen LogP contribution in [0.25, 0.3) is 0 Å². The van der Waals surface area contributed by atoms with Crippen molar-refractivity contribution in [1.29, 1.82) is 0 Å². The molecule has 2 aromatic heterocycles. The van der Waals surface area contributed by atoms with Gasteiger partial charge in [0.2, 0.25) is 5.88 Å². The number of hydrogen-bond donors (Lipinski definition) is 0. The number of ether oxygens (including phenoxy) is 1. The van der Waals surface area contributed by atoms with E-state index in [4.69, 9.17) is 4.74 Å². The number of carbonyl (C=O) groups is 1. The summed E-state index contributed by atoms with van der Waals surface area (Å²) in [5, 5.41) is 4.08. The molecule has 4 rings (SSSR count). The molecule has 144 valence electrons. The number of likely N-dealkylation sites (tertiary alicyclic amines) is 1. The summed E-state index contributed by atoms with van der Waals surface area (Å²) in [4.78, 5) is 23.4. The summed E-state index contributed by atoms with van der Waals surface area (Å²) in [6.45, 7) is 1.23. The number of nitrogens with zero attached hydrogens (tertiary/aromatic N) is 5. The Bertz CT molecular complexity index is 973. The maximum Gasteiger partial charge on any atom is 0.257 e. The van der Waals surface area contributed by atoms with Gasteiger partial charge in [-0.05, 0) is 37.1 Å². The van der Waals surface area contributed by atoms with Gasteiger partial charge in [-0.3, -0.25) is 14.5 Å². The molecule has 0 radical (unpaired) electrons. The largest absolute Gasteiger partial charge is 0.437 e. The van der Waals surface area contributed by atoms with Crippen LogP contribution in [0.2, 0.25) is 0 Å². The van der Waals surface area contributed by atoms with Crippen LogP contribution >= 0.6 is 0 Å². The van der Waals surface area contributed by atoms with Crippen molar-refractivity contribution in [2.45, 2.75) is 18.8 Å². The third kappa shape index (κ3) is 3.85. The number of carbonyl (C=O) groups excluding carboxylic acids is 1. The molecule has 0 spiro atoms. The second-order valence-corrected chi connectivity index (χ2v) is 6.80. The summed E-state index contributed by atoms with van der Waals surface area (Å²) in [7, 11) is 1.79. The fourth-order valence-electron chi connectivity index (χ4n) is 3.41. The van der Waals surface area contributed by atoms with Gasteiger partial charge >= 0.3 is 0 Å². The number of piperidine rings is 1. The average Bonchev–Trinajstić information content (AvgIpc) is 3.16. The normalized spacial score (nSPS) is 16.8. The standard InChI is InChI=1S/C20H20FN5O2/c1-25-12-15(11-24-25)20(27)26-10-2-3-14(13-26)18-19(23-9-8-22-18)28-17-6-4-16(21)5-7-17/h4-9,11-12,14H,2-3,10,13H2,1H3/t14-/m0/s1. The lowest BCUT2D eigenvalue weighted by Crippen LogP contribution is -2.39. The third-order valence-corrected chi connectivity index (χ3v) is 4.77. The van der Waals surface area contributed by atoms with Crippen LogP contribution < -0.4 is 4.74 Å². The van der Waals surface area contributed by atoms with E-state index in [-0.39, 0.29) is 17.6 Å². The molecule has 0 saturated carbocycles. The Morgan fingerprint density at radius 3 is 2.75 bits per heavy atom. The highest BCUT2D eigenvalue weighted by atomic mass is 19.1. The van der Waals surface area contributed by atoms with Gasteiger partial charge in [0.05, 0.1) is 11.8 Å². The predicted molar refractivity (Wildman–Crippen MR) is 99.6 cm³/mol. The van der Waals surface area contributed by atoms with Crippen molar-refractivity contribution in [3.63, 3.8) is 0 Å². The van der Waals surface area contributed by atoms with Gasteiger partial charge in [0.25, 0.3) is 5.91 Å². The van der Waals surface area contributed by atoms with Gasteiger partial charge in [-0.15, -0.1) is 0 Å². The Labute approximate surface area is 161 Å². The summed E-state index contributed by atoms with van der Waals surface area (Å²) in [6, 6.07) is 5.76. The van der Waals surface area contributed by atoms with Crippen LogP contribution in [-0.4, -0.2) is 43.6 Å². The zero-order chi connectivity index (χ0) is 19.5. The number of benzene rings is 1. The number of aryl methyl sites for hydroxylation is 1. The zero-order valence-electron chi connectivity index (χ0n) is 15.5. The van der Waals surface area contributed by atoms with Crippen LogP contribution in [0.4, 0.5) is 4.39 Å². The van der Waals surface area contributed by atoms with Crippen molar-refractivity contribution in [2.75, 3.05) is 13.1 Å². The van der Waals surface area contributed by atoms with E-state index in [0.717, 1.165) is 12.8 Å². The molecule has 1 aliphatic heterocycles. The number of hydrogen-bond acceptors (Lipinski definition) is 5. The molecule has 3 aromatic rings. The molecular formula is C20H20FN5O2. The maximum absolute atomic E-state index is 13.1. The van der Waals surface area contributed by atoms with Gasteiger partial charge in [-0.2, -0.15) is 5.10 Å². The maximum atomic E-state index is 13.1. The lowest BCUT2D eigenvalue weighted by Gasteiger charge is -2.32. The molecule has 0 bridgehead atoms. The first kappa shape index (κ1) is 18.1. The Morgan fingerprint density at radius 2 is 2.00 bits per heavy atom. The highest BCUT2D eigenvalue weighted by Crippen LogP contribution is 2.33. The van der Waals surface area contributed by atoms with Crippen molar-refractivity contribution in [2.24, 2.45) is 7.05 Å². The molecule has 0 aliphatic carbocycles. The molecule has 0 unspecified atom stereocenters. The highest BCUT2D eigenvalue weighted by Gasteiger charge is 2.29. The lowest BCUT2D eigenvalue weighted by molar-refractivity contribution is 0.0704. The second kappa shape index (κ2) is 7.75. The summed E-state index contributed by atoms with van der Waals surface area (Å²) >= 11 is 0. The third-order valence-electron chi connectivity index (χ3n) is 4.77. The van der Waals surface area contributed by atoms with E-state index in [0.29, 0.717) is 36.0 Å². The molecule has 1 aromatic carbocycles. The van der Waals surface area contributed by atoms with E-state index in [9.17, 15) is 9.18 Å². The van der Waals surface area contributed by atoms with Crippen molar-refractivity contribution >= 4 is 5.91 Å². The topological polar surface area (TPSA) is 73.1 Å². The van der Waals surface area contributed by atoms with Crippen LogP contribution in [0.15, 0.2) is 49.1 Å². The first-order chi connectivity index (χ1) is 13.6. The molecule has 8 heteroatoms. The van der Waals surface area contributed by atoms with E-state index < -0.39 is 0 Å². The van der Waals surface area contributed by atoms with Gasteiger partial charge in [-0.25, -0.2) is 9.37 Å². The molecule has 0 N–H and O–H groups in total. The first-order valence-corrected chi connectivity index (χ1v) is 9.12. The Kier molecular flexibility index (Phi) is 5.01. The quantitative estimate of drug-likeness (QED) is 0.694. The van der Waals surface area contributed by atoms with Gasteiger partial charge in [0.1, 0.15) is 17.3 Å². The van der Waals surface area contributed by atoms with Crippen LogP contribution in [0.5, 0.6) is 11.6 Å². The number of amides is 1. The molecule has 7 nitrogen and oxygen atoms in total. The highest BCUT2D eigenvalue weighted by molar-refractivity contribution is 5.93. The van der Waals surface area contributed by atoms with Crippen LogP contribution in [0, 0.1) is 5.82 Å². The predicted octanol–water partition coefficient (Wildman–Crippen LogP) is 3.16. The number of halogens is 1. The van der Waals surface area contributed by atoms with E-state index in [1.807, 2.05) is 4.90 Å². The summed E-state index contributed by atoms with van der Waals surface area (Å²) in [6.07, 6.45) is 8.23. The van der Waals surface area contributed by atoms with E-state index in [1.165, 1.54) is 12.1 Å². The minimum absolute atomic E-state index is 0.0125. The zero-order valence-corrected chi connectivity index (χ0v) is 15.5.